The van der Waals surface area contributed by atoms with Crippen LogP contribution in [0.4, 0.5) is 0 Å². The largest absolute Gasteiger partial charge is 0.468 e. The lowest BCUT2D eigenvalue weighted by Crippen LogP contribution is -2.39. The van der Waals surface area contributed by atoms with Crippen LogP contribution in [-0.4, -0.2) is 50.2 Å². The van der Waals surface area contributed by atoms with Gasteiger partial charge in [-0.3, -0.25) is 9.69 Å². The van der Waals surface area contributed by atoms with Gasteiger partial charge in [-0.05, 0) is 31.8 Å². The van der Waals surface area contributed by atoms with Gasteiger partial charge >= 0.3 is 5.97 Å². The molecule has 14 heavy (non-hydrogen) atoms. The van der Waals surface area contributed by atoms with E-state index in [1.54, 1.807) is 0 Å². The van der Waals surface area contributed by atoms with E-state index in [2.05, 4.69) is 10.2 Å². The molecule has 3 unspecified atom stereocenters. The molecule has 2 rings (SSSR count). The van der Waals surface area contributed by atoms with Crippen LogP contribution in [0.1, 0.15) is 6.92 Å². The quantitative estimate of drug-likeness (QED) is 0.619. The Morgan fingerprint density at radius 2 is 2.00 bits per heavy atom. The van der Waals surface area contributed by atoms with Crippen LogP contribution >= 0.6 is 0 Å². The summed E-state index contributed by atoms with van der Waals surface area (Å²) >= 11 is 0. The van der Waals surface area contributed by atoms with Gasteiger partial charge in [-0.15, -0.1) is 0 Å². The van der Waals surface area contributed by atoms with Crippen molar-refractivity contribution in [3.63, 3.8) is 0 Å². The number of methoxy groups -OCH3 is 1. The highest BCUT2D eigenvalue weighted by Crippen LogP contribution is 2.27. The van der Waals surface area contributed by atoms with Crippen LogP contribution in [0.25, 0.3) is 0 Å². The molecule has 2 aliphatic rings. The van der Waals surface area contributed by atoms with Crippen LogP contribution in [0.15, 0.2) is 0 Å². The summed E-state index contributed by atoms with van der Waals surface area (Å²) < 4.78 is 4.75. The second-order valence-corrected chi connectivity index (χ2v) is 4.33. The lowest BCUT2D eigenvalue weighted by molar-refractivity contribution is -0.146. The fourth-order valence-electron chi connectivity index (χ4n) is 2.53. The van der Waals surface area contributed by atoms with Gasteiger partial charge in [-0.1, -0.05) is 0 Å². The molecule has 4 heteroatoms. The van der Waals surface area contributed by atoms with Crippen LogP contribution in [0, 0.1) is 11.8 Å². The Hall–Kier alpha value is -0.610. The second-order valence-electron chi connectivity index (χ2n) is 4.33. The summed E-state index contributed by atoms with van der Waals surface area (Å²) in [7, 11) is 1.46. The molecule has 0 aliphatic carbocycles. The first-order valence-electron chi connectivity index (χ1n) is 5.25. The molecule has 0 aromatic rings. The van der Waals surface area contributed by atoms with Crippen molar-refractivity contribution in [2.75, 3.05) is 33.3 Å². The second kappa shape index (κ2) is 3.87. The minimum absolute atomic E-state index is 0.0781. The molecule has 4 nitrogen and oxygen atoms in total. The average molecular weight is 198 g/mol. The van der Waals surface area contributed by atoms with Gasteiger partial charge in [0.05, 0.1) is 7.11 Å². The van der Waals surface area contributed by atoms with Crippen LogP contribution in [0.5, 0.6) is 0 Å². The van der Waals surface area contributed by atoms with E-state index in [4.69, 9.17) is 4.74 Å². The summed E-state index contributed by atoms with van der Waals surface area (Å²) in [4.78, 5) is 13.6. The molecule has 1 N–H and O–H groups in total. The summed E-state index contributed by atoms with van der Waals surface area (Å²) in [5.74, 6) is 1.36. The van der Waals surface area contributed by atoms with Gasteiger partial charge in [0.15, 0.2) is 0 Å². The van der Waals surface area contributed by atoms with Crippen molar-refractivity contribution >= 4 is 5.97 Å². The smallest absolute Gasteiger partial charge is 0.322 e. The molecule has 0 radical (unpaired) electrons. The number of ether oxygens (including phenoxy) is 1. The van der Waals surface area contributed by atoms with Gasteiger partial charge in [0.2, 0.25) is 0 Å². The Kier molecular flexibility index (Phi) is 2.74. The van der Waals surface area contributed by atoms with Gasteiger partial charge < -0.3 is 10.1 Å². The SMILES string of the molecule is COC(=O)C(C)N1CC2CNCC2C1. The van der Waals surface area contributed by atoms with Crippen molar-refractivity contribution in [3.8, 4) is 0 Å². The van der Waals surface area contributed by atoms with E-state index in [9.17, 15) is 4.79 Å². The normalized spacial score (nSPS) is 34.1. The number of nitrogens with one attached hydrogen (secondary N) is 1. The molecule has 2 saturated heterocycles. The van der Waals surface area contributed by atoms with E-state index >= 15 is 0 Å². The zero-order valence-electron chi connectivity index (χ0n) is 8.82. The highest BCUT2D eigenvalue weighted by atomic mass is 16.5. The summed E-state index contributed by atoms with van der Waals surface area (Å²) in [5.41, 5.74) is 0. The van der Waals surface area contributed by atoms with Crippen molar-refractivity contribution in [3.05, 3.63) is 0 Å². The highest BCUT2D eigenvalue weighted by Gasteiger charge is 2.39. The summed E-state index contributed by atoms with van der Waals surface area (Å²) in [5, 5.41) is 3.38. The average Bonchev–Trinajstić information content (AvgIpc) is 2.74. The first-order valence-corrected chi connectivity index (χ1v) is 5.25. The number of hydrogen-bond acceptors (Lipinski definition) is 4. The lowest BCUT2D eigenvalue weighted by Gasteiger charge is -2.22. The maximum atomic E-state index is 11.3. The van der Waals surface area contributed by atoms with Crippen molar-refractivity contribution in [1.82, 2.24) is 10.2 Å². The molecular formula is C10H18N2O2. The number of carbonyl (C=O) groups excluding carboxylic acids is 1. The van der Waals surface area contributed by atoms with Crippen LogP contribution < -0.4 is 5.32 Å². The third kappa shape index (κ3) is 1.64. The fourth-order valence-corrected chi connectivity index (χ4v) is 2.53. The predicted molar refractivity (Wildman–Crippen MR) is 52.9 cm³/mol. The maximum absolute atomic E-state index is 11.3. The van der Waals surface area contributed by atoms with E-state index in [0.29, 0.717) is 0 Å². The van der Waals surface area contributed by atoms with Crippen molar-refractivity contribution in [2.24, 2.45) is 11.8 Å². The maximum Gasteiger partial charge on any atom is 0.322 e. The van der Waals surface area contributed by atoms with Crippen molar-refractivity contribution in [2.45, 2.75) is 13.0 Å². The third-order valence-electron chi connectivity index (χ3n) is 3.51. The number of nitrogens with zero attached hydrogens (tertiary/aromatic N) is 1. The highest BCUT2D eigenvalue weighted by molar-refractivity contribution is 5.75. The number of likely N-dealkylation sites (tertiary alicyclic amines) is 1. The van der Waals surface area contributed by atoms with E-state index in [1.807, 2.05) is 6.92 Å². The van der Waals surface area contributed by atoms with Gasteiger partial charge in [0.25, 0.3) is 0 Å². The third-order valence-corrected chi connectivity index (χ3v) is 3.51. The number of esters is 1. The standard InChI is InChI=1S/C10H18N2O2/c1-7(10(13)14-2)12-5-8-3-11-4-9(8)6-12/h7-9,11H,3-6H2,1-2H3. The predicted octanol–water partition coefficient (Wildman–Crippen LogP) is -0.301. The zero-order valence-corrected chi connectivity index (χ0v) is 8.82. The summed E-state index contributed by atoms with van der Waals surface area (Å²) in [6.45, 7) is 6.21. The van der Waals surface area contributed by atoms with E-state index in [1.165, 1.54) is 7.11 Å². The minimum atomic E-state index is -0.113. The molecule has 2 fully saturated rings. The Labute approximate surface area is 84.6 Å². The fraction of sp³-hybridized carbons (Fsp3) is 0.900. The summed E-state index contributed by atoms with van der Waals surface area (Å²) in [6.07, 6.45) is 0. The molecule has 0 spiro atoms. The first kappa shape index (κ1) is 9.93. The first-order chi connectivity index (χ1) is 6.72. The van der Waals surface area contributed by atoms with E-state index in [-0.39, 0.29) is 12.0 Å². The molecule has 0 bridgehead atoms. The van der Waals surface area contributed by atoms with E-state index in [0.717, 1.165) is 38.0 Å². The van der Waals surface area contributed by atoms with E-state index < -0.39 is 0 Å². The zero-order chi connectivity index (χ0) is 10.1. The number of rotatable bonds is 2. The van der Waals surface area contributed by atoms with Crippen molar-refractivity contribution in [1.29, 1.82) is 0 Å². The Morgan fingerprint density at radius 1 is 1.43 bits per heavy atom. The molecule has 0 aromatic heterocycles. The van der Waals surface area contributed by atoms with Crippen LogP contribution in [0.3, 0.4) is 0 Å². The lowest BCUT2D eigenvalue weighted by atomic mass is 10.0. The molecule has 0 aromatic carbocycles. The Morgan fingerprint density at radius 3 is 2.50 bits per heavy atom. The van der Waals surface area contributed by atoms with Gasteiger partial charge in [-0.25, -0.2) is 0 Å². The molecule has 0 saturated carbocycles. The van der Waals surface area contributed by atoms with Crippen molar-refractivity contribution < 1.29 is 9.53 Å². The van der Waals surface area contributed by atoms with Gasteiger partial charge in [0, 0.05) is 13.1 Å². The van der Waals surface area contributed by atoms with Gasteiger partial charge in [0.1, 0.15) is 6.04 Å². The molecule has 2 aliphatic heterocycles. The molecule has 2 heterocycles. The minimum Gasteiger partial charge on any atom is -0.468 e. The number of carbonyl (C=O) groups is 1. The summed E-state index contributed by atoms with van der Waals surface area (Å²) in [6, 6.07) is -0.0781. The Bertz CT molecular complexity index is 220. The molecule has 0 amide bonds. The molecule has 3 atom stereocenters. The molecular weight excluding hydrogens is 180 g/mol. The van der Waals surface area contributed by atoms with Crippen LogP contribution in [-0.2, 0) is 9.53 Å². The topological polar surface area (TPSA) is 41.6 Å². The monoisotopic (exact) mass is 198 g/mol. The van der Waals surface area contributed by atoms with Gasteiger partial charge in [-0.2, -0.15) is 0 Å². The van der Waals surface area contributed by atoms with Crippen LogP contribution in [0.2, 0.25) is 0 Å². The Balaban J connectivity index is 1.92. The molecule has 80 valence electrons. The number of fused-ring (bicyclic) bond motifs is 1. The number of hydrogen-bond donors (Lipinski definition) is 1.